The highest BCUT2D eigenvalue weighted by Crippen LogP contribution is 2.22. The number of aromatic nitrogens is 3. The second-order valence-corrected chi connectivity index (χ2v) is 5.61. The molecule has 0 saturated carbocycles. The Morgan fingerprint density at radius 1 is 1.41 bits per heavy atom. The first-order chi connectivity index (χ1) is 10.4. The van der Waals surface area contributed by atoms with Crippen molar-refractivity contribution in [1.29, 1.82) is 0 Å². The van der Waals surface area contributed by atoms with Crippen LogP contribution in [0.5, 0.6) is 0 Å². The van der Waals surface area contributed by atoms with Crippen molar-refractivity contribution in [2.75, 3.05) is 12.8 Å². The zero-order chi connectivity index (χ0) is 16.3. The first-order valence-corrected chi connectivity index (χ1v) is 7.24. The van der Waals surface area contributed by atoms with Gasteiger partial charge in [-0.05, 0) is 6.92 Å². The molecule has 0 bridgehead atoms. The molecular formula is C12H12ClN5O3S. The standard InChI is InChI=1S/C12H12ClN5O3S/c1-5(11-15-3-6(22-11)12(20)21-2)18-10(19)8-7(13)9(14)17-4-16-8/h3-5H,1-2H3,(H,18,19)(H2,14,16,17). The minimum atomic E-state index is -0.513. The maximum atomic E-state index is 12.1. The Bertz CT molecular complexity index is 721. The number of carbonyl (C=O) groups excluding carboxylic acids is 2. The average molecular weight is 342 g/mol. The zero-order valence-corrected chi connectivity index (χ0v) is 13.2. The molecule has 116 valence electrons. The predicted molar refractivity (Wildman–Crippen MR) is 80.8 cm³/mol. The number of hydrogen-bond donors (Lipinski definition) is 2. The highest BCUT2D eigenvalue weighted by Gasteiger charge is 2.20. The topological polar surface area (TPSA) is 120 Å². The van der Waals surface area contributed by atoms with Crippen molar-refractivity contribution in [3.63, 3.8) is 0 Å². The molecule has 0 saturated heterocycles. The van der Waals surface area contributed by atoms with Gasteiger partial charge in [0.25, 0.3) is 5.91 Å². The summed E-state index contributed by atoms with van der Waals surface area (Å²) < 4.78 is 4.60. The number of nitrogens with two attached hydrogens (primary N) is 1. The van der Waals surface area contributed by atoms with Gasteiger partial charge in [0, 0.05) is 0 Å². The van der Waals surface area contributed by atoms with Crippen molar-refractivity contribution in [3.05, 3.63) is 33.1 Å². The lowest BCUT2D eigenvalue weighted by Crippen LogP contribution is -2.28. The van der Waals surface area contributed by atoms with Crippen LogP contribution < -0.4 is 11.1 Å². The number of ether oxygens (including phenoxy) is 1. The fraction of sp³-hybridized carbons (Fsp3) is 0.250. The van der Waals surface area contributed by atoms with Crippen LogP contribution in [0.15, 0.2) is 12.5 Å². The van der Waals surface area contributed by atoms with Crippen LogP contribution in [0.3, 0.4) is 0 Å². The van der Waals surface area contributed by atoms with E-state index in [0.717, 1.165) is 17.7 Å². The Labute approximate surface area is 134 Å². The molecule has 3 N–H and O–H groups in total. The SMILES string of the molecule is COC(=O)c1cnc(C(C)NC(=O)c2ncnc(N)c2Cl)s1. The summed E-state index contributed by atoms with van der Waals surface area (Å²) in [5.41, 5.74) is 5.51. The van der Waals surface area contributed by atoms with Crippen LogP contribution in [0.2, 0.25) is 5.02 Å². The maximum absolute atomic E-state index is 12.1. The second kappa shape index (κ2) is 6.67. The monoisotopic (exact) mass is 341 g/mol. The number of amides is 1. The molecule has 0 aliphatic heterocycles. The van der Waals surface area contributed by atoms with E-state index < -0.39 is 17.9 Å². The molecular weight excluding hydrogens is 330 g/mol. The van der Waals surface area contributed by atoms with Gasteiger partial charge in [-0.2, -0.15) is 0 Å². The van der Waals surface area contributed by atoms with Gasteiger partial charge >= 0.3 is 5.97 Å². The summed E-state index contributed by atoms with van der Waals surface area (Å²) in [4.78, 5) is 35.5. The highest BCUT2D eigenvalue weighted by atomic mass is 35.5. The Morgan fingerprint density at radius 3 is 2.82 bits per heavy atom. The number of thiazole rings is 1. The van der Waals surface area contributed by atoms with Gasteiger partial charge in [-0.3, -0.25) is 4.79 Å². The molecule has 0 radical (unpaired) electrons. The summed E-state index contributed by atoms with van der Waals surface area (Å²) >= 11 is 7.02. The number of carbonyl (C=O) groups is 2. The van der Waals surface area contributed by atoms with Gasteiger partial charge in [-0.15, -0.1) is 11.3 Å². The second-order valence-electron chi connectivity index (χ2n) is 4.17. The van der Waals surface area contributed by atoms with Gasteiger partial charge < -0.3 is 15.8 Å². The van der Waals surface area contributed by atoms with E-state index in [1.807, 2.05) is 0 Å². The summed E-state index contributed by atoms with van der Waals surface area (Å²) in [5.74, 6) is -0.966. The van der Waals surface area contributed by atoms with Crippen molar-refractivity contribution in [1.82, 2.24) is 20.3 Å². The minimum absolute atomic E-state index is 0.0124. The lowest BCUT2D eigenvalue weighted by atomic mass is 10.3. The van der Waals surface area contributed by atoms with E-state index in [4.69, 9.17) is 17.3 Å². The van der Waals surface area contributed by atoms with Crippen LogP contribution in [0.25, 0.3) is 0 Å². The van der Waals surface area contributed by atoms with Crippen molar-refractivity contribution >= 4 is 40.6 Å². The van der Waals surface area contributed by atoms with E-state index >= 15 is 0 Å². The predicted octanol–water partition coefficient (Wildman–Crippen LogP) is 1.45. The summed E-state index contributed by atoms with van der Waals surface area (Å²) in [5, 5.41) is 3.21. The van der Waals surface area contributed by atoms with Crippen molar-refractivity contribution in [3.8, 4) is 0 Å². The number of rotatable bonds is 4. The molecule has 2 rings (SSSR count). The number of anilines is 1. The minimum Gasteiger partial charge on any atom is -0.465 e. The molecule has 8 nitrogen and oxygen atoms in total. The number of methoxy groups -OCH3 is 1. The molecule has 0 spiro atoms. The molecule has 2 heterocycles. The number of hydrogen-bond acceptors (Lipinski definition) is 8. The summed E-state index contributed by atoms with van der Waals surface area (Å²) in [6.07, 6.45) is 2.55. The van der Waals surface area contributed by atoms with Gasteiger partial charge in [-0.25, -0.2) is 19.7 Å². The molecule has 10 heteroatoms. The van der Waals surface area contributed by atoms with Gasteiger partial charge in [0.2, 0.25) is 0 Å². The smallest absolute Gasteiger partial charge is 0.349 e. The summed E-state index contributed by atoms with van der Waals surface area (Å²) in [6, 6.07) is -0.442. The van der Waals surface area contributed by atoms with Crippen LogP contribution in [-0.2, 0) is 4.74 Å². The number of nitrogens with one attached hydrogen (secondary N) is 1. The van der Waals surface area contributed by atoms with Gasteiger partial charge in [0.1, 0.15) is 27.1 Å². The van der Waals surface area contributed by atoms with E-state index in [9.17, 15) is 9.59 Å². The largest absolute Gasteiger partial charge is 0.465 e. The molecule has 2 aromatic rings. The van der Waals surface area contributed by atoms with Crippen LogP contribution >= 0.6 is 22.9 Å². The molecule has 0 aliphatic rings. The number of nitrogen functional groups attached to an aromatic ring is 1. The fourth-order valence-corrected chi connectivity index (χ4v) is 2.57. The molecule has 22 heavy (non-hydrogen) atoms. The van der Waals surface area contributed by atoms with E-state index in [-0.39, 0.29) is 16.5 Å². The van der Waals surface area contributed by atoms with Crippen LogP contribution in [-0.4, -0.2) is 33.9 Å². The highest BCUT2D eigenvalue weighted by molar-refractivity contribution is 7.13. The maximum Gasteiger partial charge on any atom is 0.349 e. The molecule has 0 aromatic carbocycles. The Hall–Kier alpha value is -2.26. The van der Waals surface area contributed by atoms with Crippen LogP contribution in [0.1, 0.15) is 38.1 Å². The fourth-order valence-electron chi connectivity index (χ4n) is 1.55. The van der Waals surface area contributed by atoms with Crippen molar-refractivity contribution < 1.29 is 14.3 Å². The molecule has 2 aromatic heterocycles. The average Bonchev–Trinajstić information content (AvgIpc) is 2.99. The van der Waals surface area contributed by atoms with Crippen LogP contribution in [0.4, 0.5) is 5.82 Å². The summed E-state index contributed by atoms with van der Waals surface area (Å²) in [6.45, 7) is 1.72. The Balaban J connectivity index is 2.13. The zero-order valence-electron chi connectivity index (χ0n) is 11.7. The van der Waals surface area contributed by atoms with E-state index in [2.05, 4.69) is 25.0 Å². The number of nitrogens with zero attached hydrogens (tertiary/aromatic N) is 3. The van der Waals surface area contributed by atoms with Crippen LogP contribution in [0, 0.1) is 0 Å². The third-order valence-electron chi connectivity index (χ3n) is 2.66. The lowest BCUT2D eigenvalue weighted by molar-refractivity contribution is 0.0606. The van der Waals surface area contributed by atoms with Gasteiger partial charge in [-0.1, -0.05) is 11.6 Å². The molecule has 1 atom stereocenters. The van der Waals surface area contributed by atoms with E-state index in [1.165, 1.54) is 13.3 Å². The van der Waals surface area contributed by atoms with E-state index in [1.54, 1.807) is 6.92 Å². The first kappa shape index (κ1) is 16.1. The van der Waals surface area contributed by atoms with E-state index in [0.29, 0.717) is 9.88 Å². The molecule has 1 unspecified atom stereocenters. The normalized spacial score (nSPS) is 11.8. The van der Waals surface area contributed by atoms with Gasteiger partial charge in [0.15, 0.2) is 5.69 Å². The lowest BCUT2D eigenvalue weighted by Gasteiger charge is -2.11. The first-order valence-electron chi connectivity index (χ1n) is 6.05. The molecule has 1 amide bonds. The van der Waals surface area contributed by atoms with Crippen molar-refractivity contribution in [2.45, 2.75) is 13.0 Å². The van der Waals surface area contributed by atoms with Gasteiger partial charge in [0.05, 0.1) is 19.3 Å². The number of halogens is 1. The quantitative estimate of drug-likeness (QED) is 0.807. The molecule has 0 fully saturated rings. The number of esters is 1. The third kappa shape index (κ3) is 3.31. The molecule has 0 aliphatic carbocycles. The Kier molecular flexibility index (Phi) is 4.88. The van der Waals surface area contributed by atoms with Crippen molar-refractivity contribution in [2.24, 2.45) is 0 Å². The third-order valence-corrected chi connectivity index (χ3v) is 4.19. The summed E-state index contributed by atoms with van der Waals surface area (Å²) in [7, 11) is 1.29. The Morgan fingerprint density at radius 2 is 2.14 bits per heavy atom.